The van der Waals surface area contributed by atoms with Crippen LogP contribution in [0, 0.1) is 12.3 Å². The largest absolute Gasteiger partial charge is 0.497 e. The highest BCUT2D eigenvalue weighted by atomic mass is 16.5. The second-order valence-corrected chi connectivity index (χ2v) is 4.13. The van der Waals surface area contributed by atoms with Crippen LogP contribution < -0.4 is 10.1 Å². The highest BCUT2D eigenvalue weighted by molar-refractivity contribution is 5.91. The molecule has 0 saturated heterocycles. The number of methoxy groups -OCH3 is 1. The zero-order chi connectivity index (χ0) is 14.1. The van der Waals surface area contributed by atoms with Gasteiger partial charge in [0.25, 0.3) is 0 Å². The molecule has 3 heteroatoms. The van der Waals surface area contributed by atoms with Crippen LogP contribution in [0.25, 0.3) is 6.08 Å². The van der Waals surface area contributed by atoms with E-state index in [2.05, 4.69) is 11.2 Å². The summed E-state index contributed by atoms with van der Waals surface area (Å²) in [5.41, 5.74) is 0.945. The number of carbonyl (C=O) groups is 1. The van der Waals surface area contributed by atoms with E-state index < -0.39 is 0 Å². The topological polar surface area (TPSA) is 38.3 Å². The molecule has 3 nitrogen and oxygen atoms in total. The average molecular weight is 257 g/mol. The first-order chi connectivity index (χ1) is 9.19. The van der Waals surface area contributed by atoms with Gasteiger partial charge < -0.3 is 10.1 Å². The number of hydrogen-bond donors (Lipinski definition) is 1. The number of terminal acetylenes is 1. The highest BCUT2D eigenvalue weighted by Crippen LogP contribution is 2.12. The monoisotopic (exact) mass is 257 g/mol. The van der Waals surface area contributed by atoms with Crippen LogP contribution in [0.1, 0.15) is 25.3 Å². The number of carbonyl (C=O) groups excluding carboxylic acids is 1. The summed E-state index contributed by atoms with van der Waals surface area (Å²) >= 11 is 0. The summed E-state index contributed by atoms with van der Waals surface area (Å²) in [5, 5.41) is 2.87. The molecule has 0 aliphatic rings. The summed E-state index contributed by atoms with van der Waals surface area (Å²) in [6.45, 7) is 2.00. The van der Waals surface area contributed by atoms with Crippen molar-refractivity contribution >= 4 is 12.0 Å². The van der Waals surface area contributed by atoms with Crippen molar-refractivity contribution < 1.29 is 9.53 Å². The first-order valence-electron chi connectivity index (χ1n) is 6.25. The van der Waals surface area contributed by atoms with Gasteiger partial charge in [-0.15, -0.1) is 12.3 Å². The summed E-state index contributed by atoms with van der Waals surface area (Å²) in [4.78, 5) is 11.7. The van der Waals surface area contributed by atoms with Crippen molar-refractivity contribution in [1.82, 2.24) is 5.32 Å². The van der Waals surface area contributed by atoms with Crippen LogP contribution in [-0.4, -0.2) is 19.1 Å². The molecule has 0 aliphatic carbocycles. The van der Waals surface area contributed by atoms with Crippen LogP contribution in [0.5, 0.6) is 5.75 Å². The van der Waals surface area contributed by atoms with E-state index in [1.165, 1.54) is 6.08 Å². The lowest BCUT2D eigenvalue weighted by molar-refractivity contribution is -0.117. The van der Waals surface area contributed by atoms with E-state index >= 15 is 0 Å². The Kier molecular flexibility index (Phi) is 6.25. The van der Waals surface area contributed by atoms with Crippen LogP contribution in [-0.2, 0) is 4.79 Å². The molecule has 1 atom stereocenters. The van der Waals surface area contributed by atoms with Gasteiger partial charge in [0, 0.05) is 18.5 Å². The number of nitrogens with one attached hydrogen (secondary N) is 1. The third kappa shape index (κ3) is 5.31. The van der Waals surface area contributed by atoms with Crippen molar-refractivity contribution in [2.75, 3.05) is 7.11 Å². The average Bonchev–Trinajstić information content (AvgIpc) is 2.45. The number of amides is 1. The molecule has 19 heavy (non-hydrogen) atoms. The number of ether oxygens (including phenoxy) is 1. The predicted octanol–water partition coefficient (Wildman–Crippen LogP) is 2.63. The van der Waals surface area contributed by atoms with E-state index in [1.807, 2.05) is 31.2 Å². The second kappa shape index (κ2) is 7.99. The fourth-order valence-electron chi connectivity index (χ4n) is 1.58. The lowest BCUT2D eigenvalue weighted by Gasteiger charge is -2.12. The lowest BCUT2D eigenvalue weighted by Crippen LogP contribution is -2.32. The Morgan fingerprint density at radius 3 is 2.68 bits per heavy atom. The summed E-state index contributed by atoms with van der Waals surface area (Å²) in [7, 11) is 1.62. The van der Waals surface area contributed by atoms with Gasteiger partial charge in [0.1, 0.15) is 5.75 Å². The first-order valence-corrected chi connectivity index (χ1v) is 6.25. The molecule has 0 saturated carbocycles. The fourth-order valence-corrected chi connectivity index (χ4v) is 1.58. The molecule has 1 aromatic rings. The zero-order valence-corrected chi connectivity index (χ0v) is 11.3. The van der Waals surface area contributed by atoms with E-state index in [0.29, 0.717) is 6.42 Å². The molecule has 0 radical (unpaired) electrons. The van der Waals surface area contributed by atoms with E-state index in [9.17, 15) is 4.79 Å². The molecule has 1 unspecified atom stereocenters. The SMILES string of the molecule is C#CCC(CC)NC(=O)/C=C/c1ccc(OC)cc1. The summed E-state index contributed by atoms with van der Waals surface area (Å²) in [6.07, 6.45) is 9.90. The van der Waals surface area contributed by atoms with Crippen LogP contribution in [0.15, 0.2) is 30.3 Å². The van der Waals surface area contributed by atoms with E-state index in [-0.39, 0.29) is 11.9 Å². The van der Waals surface area contributed by atoms with Crippen molar-refractivity contribution in [2.24, 2.45) is 0 Å². The van der Waals surface area contributed by atoms with Crippen LogP contribution in [0.2, 0.25) is 0 Å². The Morgan fingerprint density at radius 2 is 2.16 bits per heavy atom. The van der Waals surface area contributed by atoms with Gasteiger partial charge in [0.15, 0.2) is 0 Å². The number of hydrogen-bond acceptors (Lipinski definition) is 2. The third-order valence-corrected chi connectivity index (χ3v) is 2.75. The lowest BCUT2D eigenvalue weighted by atomic mass is 10.1. The Morgan fingerprint density at radius 1 is 1.47 bits per heavy atom. The minimum atomic E-state index is -0.127. The smallest absolute Gasteiger partial charge is 0.244 e. The van der Waals surface area contributed by atoms with Gasteiger partial charge in [-0.2, -0.15) is 0 Å². The van der Waals surface area contributed by atoms with E-state index in [0.717, 1.165) is 17.7 Å². The summed E-state index contributed by atoms with van der Waals surface area (Å²) in [6, 6.07) is 7.52. The molecule has 100 valence electrons. The Labute approximate surface area is 114 Å². The van der Waals surface area contributed by atoms with Gasteiger partial charge in [-0.25, -0.2) is 0 Å². The van der Waals surface area contributed by atoms with Crippen LogP contribution in [0.4, 0.5) is 0 Å². The van der Waals surface area contributed by atoms with Crippen molar-refractivity contribution in [3.63, 3.8) is 0 Å². The fraction of sp³-hybridized carbons (Fsp3) is 0.312. The van der Waals surface area contributed by atoms with Gasteiger partial charge in [0.05, 0.1) is 7.11 Å². The molecule has 0 fully saturated rings. The molecular weight excluding hydrogens is 238 g/mol. The van der Waals surface area contributed by atoms with Crippen molar-refractivity contribution in [3.05, 3.63) is 35.9 Å². The number of rotatable bonds is 6. The van der Waals surface area contributed by atoms with Gasteiger partial charge in [-0.05, 0) is 30.2 Å². The Hall–Kier alpha value is -2.21. The molecular formula is C16H19NO2. The summed E-state index contributed by atoms with van der Waals surface area (Å²) in [5.74, 6) is 3.22. The third-order valence-electron chi connectivity index (χ3n) is 2.75. The van der Waals surface area contributed by atoms with Crippen molar-refractivity contribution in [2.45, 2.75) is 25.8 Å². The van der Waals surface area contributed by atoms with Gasteiger partial charge in [0.2, 0.25) is 5.91 Å². The minimum Gasteiger partial charge on any atom is -0.497 e. The van der Waals surface area contributed by atoms with Crippen molar-refractivity contribution in [1.29, 1.82) is 0 Å². The maximum atomic E-state index is 11.7. The normalized spacial score (nSPS) is 11.8. The maximum Gasteiger partial charge on any atom is 0.244 e. The highest BCUT2D eigenvalue weighted by Gasteiger charge is 2.06. The van der Waals surface area contributed by atoms with Crippen molar-refractivity contribution in [3.8, 4) is 18.1 Å². The van der Waals surface area contributed by atoms with Crippen LogP contribution >= 0.6 is 0 Å². The quantitative estimate of drug-likeness (QED) is 0.628. The first kappa shape index (κ1) is 14.8. The molecule has 1 rings (SSSR count). The standard InChI is InChI=1S/C16H19NO2/c1-4-6-14(5-2)17-16(18)12-9-13-7-10-15(19-3)11-8-13/h1,7-12,14H,5-6H2,2-3H3,(H,17,18)/b12-9+. The molecule has 0 heterocycles. The molecule has 0 bridgehead atoms. The van der Waals surface area contributed by atoms with Gasteiger partial charge in [-0.1, -0.05) is 19.1 Å². The Bertz CT molecular complexity index is 469. The minimum absolute atomic E-state index is 0.0398. The van der Waals surface area contributed by atoms with Crippen LogP contribution in [0.3, 0.4) is 0 Å². The molecule has 0 aliphatic heterocycles. The van der Waals surface area contributed by atoms with Gasteiger partial charge >= 0.3 is 0 Å². The molecule has 0 aromatic heterocycles. The van der Waals surface area contributed by atoms with E-state index in [4.69, 9.17) is 11.2 Å². The van der Waals surface area contributed by atoms with Gasteiger partial charge in [-0.3, -0.25) is 4.79 Å². The molecule has 1 aromatic carbocycles. The Balaban J connectivity index is 2.55. The zero-order valence-electron chi connectivity index (χ0n) is 11.3. The summed E-state index contributed by atoms with van der Waals surface area (Å²) < 4.78 is 5.07. The number of benzene rings is 1. The molecule has 0 spiro atoms. The molecule has 1 N–H and O–H groups in total. The second-order valence-electron chi connectivity index (χ2n) is 4.13. The predicted molar refractivity (Wildman–Crippen MR) is 77.7 cm³/mol. The maximum absolute atomic E-state index is 11.7. The van der Waals surface area contributed by atoms with E-state index in [1.54, 1.807) is 13.2 Å². The molecule has 1 amide bonds.